The zero-order valence-corrected chi connectivity index (χ0v) is 6.96. The summed E-state index contributed by atoms with van der Waals surface area (Å²) in [4.78, 5) is 0. The fourth-order valence-electron chi connectivity index (χ4n) is 1.79. The molecule has 2 heteroatoms. The number of rotatable bonds is 0. The molecule has 1 unspecified atom stereocenters. The summed E-state index contributed by atoms with van der Waals surface area (Å²) in [7, 11) is 5.63. The first-order chi connectivity index (χ1) is 5.77. The van der Waals surface area contributed by atoms with Crippen LogP contribution in [0.3, 0.4) is 0 Å². The molecular weight excluding hydrogens is 147 g/mol. The fourth-order valence-corrected chi connectivity index (χ4v) is 1.79. The second-order valence-corrected chi connectivity index (χ2v) is 3.37. The number of aliphatic hydroxyl groups excluding tert-OH is 1. The number of hydrogen-bond donors (Lipinski definition) is 1. The van der Waals surface area contributed by atoms with Crippen LogP contribution in [0.25, 0.3) is 0 Å². The molecule has 12 heavy (non-hydrogen) atoms. The maximum atomic E-state index is 9.63. The third-order valence-electron chi connectivity index (χ3n) is 2.45. The summed E-state index contributed by atoms with van der Waals surface area (Å²) < 4.78 is 0. The fraction of sp³-hybridized carbons (Fsp3) is 0.400. The van der Waals surface area contributed by atoms with Crippen molar-refractivity contribution in [2.45, 2.75) is 25.4 Å². The van der Waals surface area contributed by atoms with E-state index in [1.165, 1.54) is 5.56 Å². The van der Waals surface area contributed by atoms with Gasteiger partial charge in [-0.15, -0.1) is 0 Å². The van der Waals surface area contributed by atoms with Gasteiger partial charge in [-0.05, 0) is 30.4 Å². The van der Waals surface area contributed by atoms with Gasteiger partial charge in [-0.2, -0.15) is 0 Å². The third-order valence-corrected chi connectivity index (χ3v) is 2.45. The lowest BCUT2D eigenvalue weighted by atomic mass is 9.84. The molecular formula is C10H11BO. The second-order valence-electron chi connectivity index (χ2n) is 3.37. The van der Waals surface area contributed by atoms with Gasteiger partial charge in [0, 0.05) is 0 Å². The van der Waals surface area contributed by atoms with E-state index < -0.39 is 0 Å². The average Bonchev–Trinajstić information content (AvgIpc) is 2.07. The predicted octanol–water partition coefficient (Wildman–Crippen LogP) is 0.850. The van der Waals surface area contributed by atoms with Gasteiger partial charge in [-0.1, -0.05) is 23.7 Å². The van der Waals surface area contributed by atoms with Crippen molar-refractivity contribution in [2.24, 2.45) is 0 Å². The maximum Gasteiger partial charge on any atom is 0.113 e. The van der Waals surface area contributed by atoms with Gasteiger partial charge in [-0.3, -0.25) is 0 Å². The smallest absolute Gasteiger partial charge is 0.113 e. The number of benzene rings is 1. The monoisotopic (exact) mass is 158 g/mol. The molecule has 0 saturated heterocycles. The number of aliphatic hydroxyl groups is 1. The lowest BCUT2D eigenvalue weighted by Gasteiger charge is -2.21. The van der Waals surface area contributed by atoms with Crippen molar-refractivity contribution in [3.8, 4) is 0 Å². The minimum atomic E-state index is -0.294. The molecule has 0 aliphatic heterocycles. The van der Waals surface area contributed by atoms with E-state index in [0.717, 1.165) is 30.3 Å². The minimum Gasteiger partial charge on any atom is -0.388 e. The van der Waals surface area contributed by atoms with Gasteiger partial charge in [-0.25, -0.2) is 0 Å². The first-order valence-electron chi connectivity index (χ1n) is 4.34. The van der Waals surface area contributed by atoms with Crippen LogP contribution < -0.4 is 5.46 Å². The van der Waals surface area contributed by atoms with E-state index in [4.69, 9.17) is 7.85 Å². The van der Waals surface area contributed by atoms with Crippen molar-refractivity contribution in [1.82, 2.24) is 0 Å². The van der Waals surface area contributed by atoms with E-state index in [9.17, 15) is 5.11 Å². The molecule has 0 bridgehead atoms. The van der Waals surface area contributed by atoms with Crippen LogP contribution in [0.1, 0.15) is 30.1 Å². The Hall–Kier alpha value is -0.755. The van der Waals surface area contributed by atoms with Crippen LogP contribution in [0.5, 0.6) is 0 Å². The van der Waals surface area contributed by atoms with E-state index in [0.29, 0.717) is 0 Å². The average molecular weight is 158 g/mol. The molecule has 1 nitrogen and oxygen atoms in total. The zero-order valence-electron chi connectivity index (χ0n) is 6.96. The van der Waals surface area contributed by atoms with Gasteiger partial charge in [0.2, 0.25) is 0 Å². The van der Waals surface area contributed by atoms with E-state index in [1.54, 1.807) is 0 Å². The summed E-state index contributed by atoms with van der Waals surface area (Å²) in [5.41, 5.74) is 3.03. The summed E-state index contributed by atoms with van der Waals surface area (Å²) in [5, 5.41) is 9.63. The molecule has 1 aromatic carbocycles. The lowest BCUT2D eigenvalue weighted by molar-refractivity contribution is 0.156. The van der Waals surface area contributed by atoms with Crippen molar-refractivity contribution in [1.29, 1.82) is 0 Å². The predicted molar refractivity (Wildman–Crippen MR) is 49.7 cm³/mol. The second kappa shape index (κ2) is 2.94. The van der Waals surface area contributed by atoms with E-state index in [2.05, 4.69) is 0 Å². The van der Waals surface area contributed by atoms with Crippen LogP contribution >= 0.6 is 0 Å². The van der Waals surface area contributed by atoms with Gasteiger partial charge in [0.25, 0.3) is 0 Å². The van der Waals surface area contributed by atoms with E-state index in [-0.39, 0.29) is 6.10 Å². The summed E-state index contributed by atoms with van der Waals surface area (Å²) in [6.45, 7) is 0. The molecule has 0 heterocycles. The van der Waals surface area contributed by atoms with E-state index >= 15 is 0 Å². The van der Waals surface area contributed by atoms with Gasteiger partial charge in [0.15, 0.2) is 0 Å². The Morgan fingerprint density at radius 1 is 1.42 bits per heavy atom. The van der Waals surface area contributed by atoms with Crippen molar-refractivity contribution < 1.29 is 5.11 Å². The van der Waals surface area contributed by atoms with Crippen molar-refractivity contribution in [3.05, 3.63) is 29.3 Å². The Labute approximate surface area is 73.8 Å². The first-order valence-corrected chi connectivity index (χ1v) is 4.34. The Balaban J connectivity index is 2.47. The van der Waals surface area contributed by atoms with Crippen LogP contribution in [0.2, 0.25) is 0 Å². The molecule has 1 aromatic rings. The summed E-state index contributed by atoms with van der Waals surface area (Å²) in [5.74, 6) is 0. The molecule has 1 aliphatic rings. The molecule has 0 aromatic heterocycles. The van der Waals surface area contributed by atoms with Gasteiger partial charge < -0.3 is 5.11 Å². The van der Waals surface area contributed by atoms with Crippen LogP contribution in [-0.4, -0.2) is 13.0 Å². The number of aryl methyl sites for hydroxylation is 1. The van der Waals surface area contributed by atoms with Crippen LogP contribution in [-0.2, 0) is 6.42 Å². The SMILES string of the molecule is [B]c1ccc2c(c1)C(O)CCC2. The summed E-state index contributed by atoms with van der Waals surface area (Å²) in [6, 6.07) is 5.81. The Bertz CT molecular complexity index is 296. The zero-order chi connectivity index (χ0) is 8.55. The highest BCUT2D eigenvalue weighted by Crippen LogP contribution is 2.28. The topological polar surface area (TPSA) is 20.2 Å². The third kappa shape index (κ3) is 1.27. The Kier molecular flexibility index (Phi) is 1.93. The molecule has 0 spiro atoms. The molecule has 1 atom stereocenters. The van der Waals surface area contributed by atoms with Crippen molar-refractivity contribution >= 4 is 13.3 Å². The van der Waals surface area contributed by atoms with Crippen LogP contribution in [0, 0.1) is 0 Å². The largest absolute Gasteiger partial charge is 0.388 e. The highest BCUT2D eigenvalue weighted by atomic mass is 16.3. The standard InChI is InChI=1S/C10H11BO/c11-8-5-4-7-2-1-3-10(12)9(7)6-8/h4-6,10,12H,1-3H2. The van der Waals surface area contributed by atoms with Gasteiger partial charge in [0.05, 0.1) is 6.10 Å². The summed E-state index contributed by atoms with van der Waals surface area (Å²) >= 11 is 0. The summed E-state index contributed by atoms with van der Waals surface area (Å²) in [6.07, 6.45) is 2.73. The van der Waals surface area contributed by atoms with Crippen LogP contribution in [0.15, 0.2) is 18.2 Å². The van der Waals surface area contributed by atoms with Crippen molar-refractivity contribution in [2.75, 3.05) is 0 Å². The highest BCUT2D eigenvalue weighted by Gasteiger charge is 2.16. The molecule has 1 N–H and O–H groups in total. The normalized spacial score (nSPS) is 21.9. The molecule has 0 fully saturated rings. The quantitative estimate of drug-likeness (QED) is 0.555. The number of hydrogen-bond acceptors (Lipinski definition) is 1. The van der Waals surface area contributed by atoms with Crippen molar-refractivity contribution in [3.63, 3.8) is 0 Å². The van der Waals surface area contributed by atoms with Gasteiger partial charge >= 0.3 is 0 Å². The molecule has 2 radical (unpaired) electrons. The lowest BCUT2D eigenvalue weighted by Crippen LogP contribution is -2.13. The Morgan fingerprint density at radius 2 is 2.25 bits per heavy atom. The molecule has 60 valence electrons. The Morgan fingerprint density at radius 3 is 3.08 bits per heavy atom. The number of fused-ring (bicyclic) bond motifs is 1. The minimum absolute atomic E-state index is 0.294. The molecule has 0 amide bonds. The van der Waals surface area contributed by atoms with E-state index in [1.807, 2.05) is 18.2 Å². The highest BCUT2D eigenvalue weighted by molar-refractivity contribution is 6.32. The molecule has 2 rings (SSSR count). The molecule has 1 aliphatic carbocycles. The molecule has 0 saturated carbocycles. The first kappa shape index (κ1) is 7.87. The maximum absolute atomic E-state index is 9.63. The van der Waals surface area contributed by atoms with Crippen LogP contribution in [0.4, 0.5) is 0 Å². The van der Waals surface area contributed by atoms with Gasteiger partial charge in [0.1, 0.15) is 7.85 Å².